The van der Waals surface area contributed by atoms with Crippen molar-refractivity contribution >= 4 is 6.09 Å². The molecule has 1 N–H and O–H groups in total. The van der Waals surface area contributed by atoms with Crippen LogP contribution in [0.3, 0.4) is 0 Å². The van der Waals surface area contributed by atoms with Gasteiger partial charge in [0, 0.05) is 7.05 Å². The van der Waals surface area contributed by atoms with Crippen molar-refractivity contribution in [2.45, 2.75) is 59.1 Å². The van der Waals surface area contributed by atoms with E-state index in [-0.39, 0.29) is 5.76 Å². The van der Waals surface area contributed by atoms with Gasteiger partial charge in [0.15, 0.2) is 0 Å². The first-order chi connectivity index (χ1) is 9.58. The van der Waals surface area contributed by atoms with Crippen molar-refractivity contribution in [1.29, 1.82) is 0 Å². The fourth-order valence-corrected chi connectivity index (χ4v) is 1.75. The van der Waals surface area contributed by atoms with Crippen molar-refractivity contribution < 1.29 is 14.6 Å². The van der Waals surface area contributed by atoms with Gasteiger partial charge in [0.25, 0.3) is 0 Å². The Kier molecular flexibility index (Phi) is 7.85. The summed E-state index contributed by atoms with van der Waals surface area (Å²) in [5.74, 6) is -0.0508. The average molecular weight is 295 g/mol. The fraction of sp³-hybridized carbons (Fsp3) is 0.588. The zero-order chi connectivity index (χ0) is 16.6. The first-order valence-corrected chi connectivity index (χ1v) is 7.25. The summed E-state index contributed by atoms with van der Waals surface area (Å²) in [7, 11) is 1.60. The molecule has 0 aliphatic rings. The van der Waals surface area contributed by atoms with E-state index < -0.39 is 17.7 Å². The Hall–Kier alpha value is -1.71. The molecule has 0 aromatic carbocycles. The van der Waals surface area contributed by atoms with E-state index >= 15 is 0 Å². The standard InChI is InChI=1S/C17H29NO3/c1-8-10-13(2)11-9-12-15(14(3)19)18(7)16(20)21-17(4,5)6/h9-11,15,19H,3,8,12H2,1-2,4-7H3/b11-9+,13-10+/t15-/m0/s1. The molecule has 1 atom stereocenters. The molecule has 4 heteroatoms. The van der Waals surface area contributed by atoms with Crippen molar-refractivity contribution in [3.05, 3.63) is 36.1 Å². The normalized spacial score (nSPS) is 14.1. The van der Waals surface area contributed by atoms with Crippen molar-refractivity contribution in [1.82, 2.24) is 4.90 Å². The molecule has 21 heavy (non-hydrogen) atoms. The van der Waals surface area contributed by atoms with Crippen LogP contribution in [0.5, 0.6) is 0 Å². The van der Waals surface area contributed by atoms with Gasteiger partial charge in [-0.3, -0.25) is 0 Å². The predicted octanol–water partition coefficient (Wildman–Crippen LogP) is 4.60. The number of amides is 1. The molecule has 0 aliphatic carbocycles. The lowest BCUT2D eigenvalue weighted by Crippen LogP contribution is -2.41. The monoisotopic (exact) mass is 295 g/mol. The highest BCUT2D eigenvalue weighted by atomic mass is 16.6. The summed E-state index contributed by atoms with van der Waals surface area (Å²) >= 11 is 0. The third kappa shape index (κ3) is 8.23. The first kappa shape index (κ1) is 19.3. The molecule has 0 fully saturated rings. The second-order valence-corrected chi connectivity index (χ2v) is 6.09. The number of hydrogen-bond donors (Lipinski definition) is 1. The van der Waals surface area contributed by atoms with E-state index in [0.717, 1.165) is 12.0 Å². The number of aliphatic hydroxyl groups excluding tert-OH is 1. The van der Waals surface area contributed by atoms with Gasteiger partial charge in [-0.2, -0.15) is 0 Å². The molecule has 0 spiro atoms. The zero-order valence-corrected chi connectivity index (χ0v) is 14.1. The van der Waals surface area contributed by atoms with Gasteiger partial charge < -0.3 is 14.7 Å². The molecule has 0 saturated carbocycles. The Morgan fingerprint density at radius 2 is 2.00 bits per heavy atom. The highest BCUT2D eigenvalue weighted by molar-refractivity contribution is 5.68. The minimum atomic E-state index is -0.566. The minimum Gasteiger partial charge on any atom is -0.511 e. The molecular weight excluding hydrogens is 266 g/mol. The molecule has 0 saturated heterocycles. The van der Waals surface area contributed by atoms with Gasteiger partial charge in [0.05, 0.1) is 6.04 Å². The molecule has 0 aromatic rings. The highest BCUT2D eigenvalue weighted by Crippen LogP contribution is 2.16. The number of carbonyl (C=O) groups is 1. The molecule has 1 amide bonds. The summed E-state index contributed by atoms with van der Waals surface area (Å²) in [4.78, 5) is 13.4. The summed E-state index contributed by atoms with van der Waals surface area (Å²) in [6, 6.07) is -0.495. The summed E-state index contributed by atoms with van der Waals surface area (Å²) in [6.07, 6.45) is 6.99. The highest BCUT2D eigenvalue weighted by Gasteiger charge is 2.26. The van der Waals surface area contributed by atoms with E-state index in [1.807, 2.05) is 19.1 Å². The summed E-state index contributed by atoms with van der Waals surface area (Å²) in [5.41, 5.74) is 0.586. The second-order valence-electron chi connectivity index (χ2n) is 6.09. The maximum atomic E-state index is 12.0. The molecule has 4 nitrogen and oxygen atoms in total. The SMILES string of the molecule is C=C(O)[C@H](C/C=C/C(C)=C/CC)N(C)C(=O)OC(C)(C)C. The molecule has 0 aliphatic heterocycles. The summed E-state index contributed by atoms with van der Waals surface area (Å²) in [5, 5.41) is 9.71. The third-order valence-corrected chi connectivity index (χ3v) is 2.80. The maximum absolute atomic E-state index is 12.0. The Bertz CT molecular complexity index is 416. The zero-order valence-electron chi connectivity index (χ0n) is 14.1. The number of likely N-dealkylation sites (N-methyl/N-ethyl adjacent to an activating group) is 1. The fourth-order valence-electron chi connectivity index (χ4n) is 1.75. The van der Waals surface area contributed by atoms with Gasteiger partial charge in [0.1, 0.15) is 11.4 Å². The van der Waals surface area contributed by atoms with E-state index in [1.54, 1.807) is 27.8 Å². The van der Waals surface area contributed by atoms with Gasteiger partial charge >= 0.3 is 6.09 Å². The van der Waals surface area contributed by atoms with Crippen molar-refractivity contribution in [3.8, 4) is 0 Å². The molecule has 0 aromatic heterocycles. The molecule has 0 bridgehead atoms. The Balaban J connectivity index is 4.80. The molecular formula is C17H29NO3. The van der Waals surface area contributed by atoms with Crippen LogP contribution in [0.2, 0.25) is 0 Å². The smallest absolute Gasteiger partial charge is 0.410 e. The number of aliphatic hydroxyl groups is 1. The second kappa shape index (κ2) is 8.55. The maximum Gasteiger partial charge on any atom is 0.410 e. The van der Waals surface area contributed by atoms with Crippen LogP contribution in [-0.2, 0) is 4.74 Å². The molecule has 120 valence electrons. The number of carbonyl (C=O) groups excluding carboxylic acids is 1. The first-order valence-electron chi connectivity index (χ1n) is 7.25. The molecule has 0 radical (unpaired) electrons. The van der Waals surface area contributed by atoms with Gasteiger partial charge in [-0.25, -0.2) is 4.79 Å². The van der Waals surface area contributed by atoms with Crippen LogP contribution in [0.25, 0.3) is 0 Å². The Labute approximate surface area is 128 Å². The lowest BCUT2D eigenvalue weighted by atomic mass is 10.1. The number of allylic oxidation sites excluding steroid dienone is 3. The van der Waals surface area contributed by atoms with Gasteiger partial charge in [-0.1, -0.05) is 37.3 Å². The lowest BCUT2D eigenvalue weighted by Gasteiger charge is -2.29. The largest absolute Gasteiger partial charge is 0.511 e. The van der Waals surface area contributed by atoms with E-state index in [0.29, 0.717) is 6.42 Å². The van der Waals surface area contributed by atoms with Crippen LogP contribution >= 0.6 is 0 Å². The van der Waals surface area contributed by atoms with E-state index in [9.17, 15) is 9.90 Å². The Morgan fingerprint density at radius 1 is 1.43 bits per heavy atom. The molecule has 0 rings (SSSR count). The topological polar surface area (TPSA) is 49.8 Å². The van der Waals surface area contributed by atoms with Crippen LogP contribution < -0.4 is 0 Å². The quantitative estimate of drug-likeness (QED) is 0.575. The van der Waals surface area contributed by atoms with Crippen LogP contribution in [-0.4, -0.2) is 34.8 Å². The number of hydrogen-bond acceptors (Lipinski definition) is 3. The summed E-state index contributed by atoms with van der Waals surface area (Å²) in [6.45, 7) is 13.1. The predicted molar refractivity (Wildman–Crippen MR) is 87.4 cm³/mol. The lowest BCUT2D eigenvalue weighted by molar-refractivity contribution is 0.0220. The van der Waals surface area contributed by atoms with Crippen molar-refractivity contribution in [2.24, 2.45) is 0 Å². The van der Waals surface area contributed by atoms with Crippen molar-refractivity contribution in [2.75, 3.05) is 7.05 Å². The minimum absolute atomic E-state index is 0.0508. The van der Waals surface area contributed by atoms with Crippen LogP contribution in [0.15, 0.2) is 36.1 Å². The average Bonchev–Trinajstić information content (AvgIpc) is 2.31. The Morgan fingerprint density at radius 3 is 2.43 bits per heavy atom. The molecule has 0 unspecified atom stereocenters. The van der Waals surface area contributed by atoms with Crippen molar-refractivity contribution in [3.63, 3.8) is 0 Å². The number of rotatable bonds is 6. The number of nitrogens with zero attached hydrogens (tertiary/aromatic N) is 1. The third-order valence-electron chi connectivity index (χ3n) is 2.80. The van der Waals surface area contributed by atoms with Crippen LogP contribution in [0.4, 0.5) is 4.79 Å². The van der Waals surface area contributed by atoms with E-state index in [4.69, 9.17) is 4.74 Å². The van der Waals surface area contributed by atoms with Gasteiger partial charge in [-0.05, 0) is 40.5 Å². The van der Waals surface area contributed by atoms with E-state index in [2.05, 4.69) is 19.6 Å². The number of ether oxygens (including phenoxy) is 1. The molecule has 0 heterocycles. The van der Waals surface area contributed by atoms with Crippen LogP contribution in [0.1, 0.15) is 47.5 Å². The van der Waals surface area contributed by atoms with Gasteiger partial charge in [0.2, 0.25) is 0 Å². The summed E-state index contributed by atoms with van der Waals surface area (Å²) < 4.78 is 5.30. The van der Waals surface area contributed by atoms with Crippen LogP contribution in [0, 0.1) is 0 Å². The van der Waals surface area contributed by atoms with E-state index in [1.165, 1.54) is 4.90 Å². The van der Waals surface area contributed by atoms with Gasteiger partial charge in [-0.15, -0.1) is 0 Å².